The van der Waals surface area contributed by atoms with Crippen molar-refractivity contribution in [2.45, 2.75) is 6.42 Å². The first kappa shape index (κ1) is 7.55. The van der Waals surface area contributed by atoms with E-state index in [1.165, 1.54) is 5.56 Å². The van der Waals surface area contributed by atoms with Gasteiger partial charge >= 0.3 is 0 Å². The monoisotopic (exact) mass is 179 g/mol. The highest BCUT2D eigenvalue weighted by atomic mass is 32.1. The zero-order valence-corrected chi connectivity index (χ0v) is 7.57. The van der Waals surface area contributed by atoms with Gasteiger partial charge in [0, 0.05) is 18.2 Å². The van der Waals surface area contributed by atoms with Gasteiger partial charge in [0.25, 0.3) is 0 Å². The molecular weight excluding hydrogens is 170 g/mol. The van der Waals surface area contributed by atoms with Crippen LogP contribution in [0.2, 0.25) is 0 Å². The number of hydrogen-bond donors (Lipinski definition) is 1. The number of nitrogens with one attached hydrogen (secondary N) is 1. The normalized spacial score (nSPS) is 13.9. The molecular formula is C9H9NOS. The van der Waals surface area contributed by atoms with Gasteiger partial charge in [0.05, 0.1) is 12.1 Å². The average Bonchev–Trinajstić information content (AvgIpc) is 2.43. The molecule has 0 aromatic heterocycles. The van der Waals surface area contributed by atoms with Gasteiger partial charge in [0.1, 0.15) is 5.75 Å². The Kier molecular flexibility index (Phi) is 1.73. The van der Waals surface area contributed by atoms with Gasteiger partial charge in [-0.25, -0.2) is 0 Å². The van der Waals surface area contributed by atoms with Crippen molar-refractivity contribution in [2.24, 2.45) is 0 Å². The van der Waals surface area contributed by atoms with Crippen molar-refractivity contribution in [3.8, 4) is 5.75 Å². The molecule has 0 unspecified atom stereocenters. The highest BCUT2D eigenvalue weighted by molar-refractivity contribution is 7.80. The SMILES string of the molecule is COc1ccc2c(c1)NC(=S)C2. The van der Waals surface area contributed by atoms with Crippen molar-refractivity contribution in [1.82, 2.24) is 0 Å². The predicted molar refractivity (Wildman–Crippen MR) is 52.9 cm³/mol. The van der Waals surface area contributed by atoms with Crippen LogP contribution in [0.15, 0.2) is 18.2 Å². The highest BCUT2D eigenvalue weighted by Gasteiger charge is 2.14. The summed E-state index contributed by atoms with van der Waals surface area (Å²) in [7, 11) is 1.66. The van der Waals surface area contributed by atoms with Crippen LogP contribution in [0.4, 0.5) is 5.69 Å². The van der Waals surface area contributed by atoms with Gasteiger partial charge in [0.15, 0.2) is 0 Å². The molecule has 1 heterocycles. The maximum Gasteiger partial charge on any atom is 0.120 e. The molecule has 2 rings (SSSR count). The molecule has 1 aliphatic heterocycles. The fourth-order valence-corrected chi connectivity index (χ4v) is 1.59. The second-order valence-corrected chi connectivity index (χ2v) is 3.24. The third-order valence-electron chi connectivity index (χ3n) is 1.94. The molecule has 0 bridgehead atoms. The van der Waals surface area contributed by atoms with Gasteiger partial charge < -0.3 is 10.1 Å². The maximum atomic E-state index is 5.09. The van der Waals surface area contributed by atoms with Crippen LogP contribution in [0, 0.1) is 0 Å². The molecule has 62 valence electrons. The Morgan fingerprint density at radius 3 is 3.08 bits per heavy atom. The van der Waals surface area contributed by atoms with Gasteiger partial charge in [-0.1, -0.05) is 18.3 Å². The quantitative estimate of drug-likeness (QED) is 0.666. The number of rotatable bonds is 1. The summed E-state index contributed by atoms with van der Waals surface area (Å²) < 4.78 is 5.09. The molecule has 12 heavy (non-hydrogen) atoms. The summed E-state index contributed by atoms with van der Waals surface area (Å²) in [5, 5.41) is 3.12. The molecule has 2 nitrogen and oxygen atoms in total. The van der Waals surface area contributed by atoms with E-state index in [0.717, 1.165) is 22.8 Å². The predicted octanol–water partition coefficient (Wildman–Crippen LogP) is 1.99. The third-order valence-corrected chi connectivity index (χ3v) is 2.19. The molecule has 0 fully saturated rings. The van der Waals surface area contributed by atoms with Gasteiger partial charge in [0.2, 0.25) is 0 Å². The van der Waals surface area contributed by atoms with E-state index < -0.39 is 0 Å². The first-order chi connectivity index (χ1) is 5.79. The molecule has 1 aromatic rings. The zero-order valence-electron chi connectivity index (χ0n) is 6.76. The number of benzene rings is 1. The lowest BCUT2D eigenvalue weighted by atomic mass is 10.1. The number of anilines is 1. The van der Waals surface area contributed by atoms with E-state index in [-0.39, 0.29) is 0 Å². The van der Waals surface area contributed by atoms with Crippen LogP contribution in [0.1, 0.15) is 5.56 Å². The van der Waals surface area contributed by atoms with Gasteiger partial charge in [-0.3, -0.25) is 0 Å². The first-order valence-corrected chi connectivity index (χ1v) is 4.17. The molecule has 0 amide bonds. The van der Waals surface area contributed by atoms with Gasteiger partial charge in [-0.2, -0.15) is 0 Å². The maximum absolute atomic E-state index is 5.09. The number of ether oxygens (including phenoxy) is 1. The Morgan fingerprint density at radius 1 is 1.50 bits per heavy atom. The summed E-state index contributed by atoms with van der Waals surface area (Å²) in [6.07, 6.45) is 0.856. The van der Waals surface area contributed by atoms with Crippen molar-refractivity contribution in [1.29, 1.82) is 0 Å². The summed E-state index contributed by atoms with van der Waals surface area (Å²) >= 11 is 5.05. The van der Waals surface area contributed by atoms with Gasteiger partial charge in [-0.15, -0.1) is 0 Å². The fraction of sp³-hybridized carbons (Fsp3) is 0.222. The molecule has 1 aromatic carbocycles. The van der Waals surface area contributed by atoms with Crippen LogP contribution < -0.4 is 10.1 Å². The topological polar surface area (TPSA) is 21.3 Å². The van der Waals surface area contributed by atoms with Crippen LogP contribution in [0.3, 0.4) is 0 Å². The fourth-order valence-electron chi connectivity index (χ4n) is 1.32. The highest BCUT2D eigenvalue weighted by Crippen LogP contribution is 2.27. The van der Waals surface area contributed by atoms with Crippen LogP contribution >= 0.6 is 12.2 Å². The minimum absolute atomic E-state index is 0.856. The van der Waals surface area contributed by atoms with Crippen molar-refractivity contribution < 1.29 is 4.74 Å². The zero-order chi connectivity index (χ0) is 8.55. The van der Waals surface area contributed by atoms with Crippen LogP contribution in [0.5, 0.6) is 5.75 Å². The van der Waals surface area contributed by atoms with Crippen molar-refractivity contribution in [3.05, 3.63) is 23.8 Å². The van der Waals surface area contributed by atoms with Crippen molar-refractivity contribution in [3.63, 3.8) is 0 Å². The molecule has 0 radical (unpaired) electrons. The smallest absolute Gasteiger partial charge is 0.120 e. The molecule has 0 saturated carbocycles. The van der Waals surface area contributed by atoms with Crippen LogP contribution in [-0.2, 0) is 6.42 Å². The van der Waals surface area contributed by atoms with E-state index in [2.05, 4.69) is 5.32 Å². The van der Waals surface area contributed by atoms with E-state index in [1.54, 1.807) is 7.11 Å². The Labute approximate surface area is 76.5 Å². The molecule has 1 aliphatic rings. The lowest BCUT2D eigenvalue weighted by Crippen LogP contribution is -2.00. The Bertz CT molecular complexity index is 335. The number of methoxy groups -OCH3 is 1. The van der Waals surface area contributed by atoms with Crippen molar-refractivity contribution >= 4 is 22.9 Å². The third kappa shape index (κ3) is 1.16. The summed E-state index contributed by atoms with van der Waals surface area (Å²) in [4.78, 5) is 0.887. The van der Waals surface area contributed by atoms with Crippen LogP contribution in [-0.4, -0.2) is 12.1 Å². The standard InChI is InChI=1S/C9H9NOS/c1-11-7-3-2-6-4-9(12)10-8(6)5-7/h2-3,5H,4H2,1H3,(H,10,12). The van der Waals surface area contributed by atoms with Gasteiger partial charge in [-0.05, 0) is 11.6 Å². The number of fused-ring (bicyclic) bond motifs is 1. The molecule has 0 aliphatic carbocycles. The Morgan fingerprint density at radius 2 is 2.33 bits per heavy atom. The minimum atomic E-state index is 0.856. The number of thiocarbonyl (C=S) groups is 1. The summed E-state index contributed by atoms with van der Waals surface area (Å²) in [5.41, 5.74) is 2.33. The largest absolute Gasteiger partial charge is 0.497 e. The van der Waals surface area contributed by atoms with E-state index >= 15 is 0 Å². The molecule has 0 spiro atoms. The Balaban J connectivity index is 2.41. The lowest BCUT2D eigenvalue weighted by molar-refractivity contribution is 0.415. The van der Waals surface area contributed by atoms with Crippen LogP contribution in [0.25, 0.3) is 0 Å². The first-order valence-electron chi connectivity index (χ1n) is 3.76. The van der Waals surface area contributed by atoms with Crippen molar-refractivity contribution in [2.75, 3.05) is 12.4 Å². The minimum Gasteiger partial charge on any atom is -0.497 e. The average molecular weight is 179 g/mol. The lowest BCUT2D eigenvalue weighted by Gasteiger charge is -2.02. The van der Waals surface area contributed by atoms with E-state index in [4.69, 9.17) is 17.0 Å². The second kappa shape index (κ2) is 2.75. The Hall–Kier alpha value is -1.09. The van der Waals surface area contributed by atoms with E-state index in [9.17, 15) is 0 Å². The molecule has 3 heteroatoms. The molecule has 1 N–H and O–H groups in total. The second-order valence-electron chi connectivity index (χ2n) is 2.75. The number of hydrogen-bond acceptors (Lipinski definition) is 2. The van der Waals surface area contributed by atoms with E-state index in [0.29, 0.717) is 0 Å². The summed E-state index contributed by atoms with van der Waals surface area (Å²) in [6, 6.07) is 5.96. The molecule has 0 saturated heterocycles. The molecule has 0 atom stereocenters. The summed E-state index contributed by atoms with van der Waals surface area (Å²) in [5.74, 6) is 0.867. The summed E-state index contributed by atoms with van der Waals surface area (Å²) in [6.45, 7) is 0. The van der Waals surface area contributed by atoms with E-state index in [1.807, 2.05) is 18.2 Å².